The van der Waals surface area contributed by atoms with Crippen molar-refractivity contribution in [3.05, 3.63) is 182 Å². The standard InChI is InChI=1S/C44H30N2/c1-4-10-31(11-5-1)33-16-18-35(19-17-33)36-22-26-43-41(30-36)39-25-27-42-40(28-29-45(42)37-14-8-3-9-15-37)44(39)46(43)38-23-20-34(21-24-38)32-12-6-2-7-13-32/h1-30H. The Labute approximate surface area is 268 Å². The van der Waals surface area contributed by atoms with Gasteiger partial charge in [0, 0.05) is 33.7 Å². The van der Waals surface area contributed by atoms with Crippen LogP contribution in [0.5, 0.6) is 0 Å². The summed E-state index contributed by atoms with van der Waals surface area (Å²) in [6.45, 7) is 0. The Kier molecular flexibility index (Phi) is 6.17. The average Bonchev–Trinajstić information content (AvgIpc) is 3.72. The molecule has 0 radical (unpaired) electrons. The van der Waals surface area contributed by atoms with Crippen LogP contribution in [0.4, 0.5) is 0 Å². The van der Waals surface area contributed by atoms with Crippen LogP contribution in [0.2, 0.25) is 0 Å². The van der Waals surface area contributed by atoms with Gasteiger partial charge in [0.15, 0.2) is 0 Å². The van der Waals surface area contributed by atoms with Crippen molar-refractivity contribution in [2.45, 2.75) is 0 Å². The number of fused-ring (bicyclic) bond motifs is 5. The van der Waals surface area contributed by atoms with Crippen molar-refractivity contribution in [2.75, 3.05) is 0 Å². The van der Waals surface area contributed by atoms with E-state index < -0.39 is 0 Å². The third kappa shape index (κ3) is 4.35. The third-order valence-corrected chi connectivity index (χ3v) is 9.19. The second-order valence-electron chi connectivity index (χ2n) is 11.8. The van der Waals surface area contributed by atoms with Crippen LogP contribution >= 0.6 is 0 Å². The summed E-state index contributed by atoms with van der Waals surface area (Å²) in [7, 11) is 0. The van der Waals surface area contributed by atoms with Gasteiger partial charge in [-0.05, 0) is 81.9 Å². The number of rotatable bonds is 5. The van der Waals surface area contributed by atoms with Crippen LogP contribution in [0.1, 0.15) is 0 Å². The smallest absolute Gasteiger partial charge is 0.0635 e. The topological polar surface area (TPSA) is 9.86 Å². The van der Waals surface area contributed by atoms with E-state index in [0.29, 0.717) is 0 Å². The summed E-state index contributed by atoms with van der Waals surface area (Å²) in [5.74, 6) is 0. The second-order valence-corrected chi connectivity index (χ2v) is 11.8. The molecule has 9 aromatic rings. The van der Waals surface area contributed by atoms with E-state index in [1.165, 1.54) is 66.1 Å². The lowest BCUT2D eigenvalue weighted by Gasteiger charge is -2.11. The van der Waals surface area contributed by atoms with E-state index in [2.05, 4.69) is 191 Å². The molecule has 7 aromatic carbocycles. The lowest BCUT2D eigenvalue weighted by molar-refractivity contribution is 1.13. The quantitative estimate of drug-likeness (QED) is 0.190. The molecule has 0 amide bonds. The van der Waals surface area contributed by atoms with E-state index in [1.54, 1.807) is 0 Å². The van der Waals surface area contributed by atoms with E-state index >= 15 is 0 Å². The highest BCUT2D eigenvalue weighted by molar-refractivity contribution is 6.19. The molecule has 0 aliphatic carbocycles. The van der Waals surface area contributed by atoms with Gasteiger partial charge in [0.05, 0.1) is 16.6 Å². The molecule has 2 aromatic heterocycles. The molecule has 46 heavy (non-hydrogen) atoms. The molecule has 0 saturated heterocycles. The summed E-state index contributed by atoms with van der Waals surface area (Å²) in [4.78, 5) is 0. The zero-order valence-electron chi connectivity index (χ0n) is 25.2. The Bertz CT molecular complexity index is 2470. The van der Waals surface area contributed by atoms with Crippen molar-refractivity contribution in [3.8, 4) is 44.8 Å². The molecule has 0 fully saturated rings. The zero-order chi connectivity index (χ0) is 30.5. The Morgan fingerprint density at radius 2 is 0.804 bits per heavy atom. The Balaban J connectivity index is 1.24. The number of aromatic nitrogens is 2. The first kappa shape index (κ1) is 26.3. The zero-order valence-corrected chi connectivity index (χ0v) is 25.2. The molecule has 0 atom stereocenters. The molecule has 0 unspecified atom stereocenters. The fourth-order valence-electron chi connectivity index (χ4n) is 6.91. The summed E-state index contributed by atoms with van der Waals surface area (Å²) in [5.41, 5.74) is 13.3. The highest BCUT2D eigenvalue weighted by Gasteiger charge is 2.18. The van der Waals surface area contributed by atoms with E-state index in [4.69, 9.17) is 0 Å². The molecule has 0 spiro atoms. The summed E-state index contributed by atoms with van der Waals surface area (Å²) in [5, 5.41) is 3.74. The van der Waals surface area contributed by atoms with Crippen molar-refractivity contribution < 1.29 is 0 Å². The van der Waals surface area contributed by atoms with Crippen molar-refractivity contribution in [1.29, 1.82) is 0 Å². The third-order valence-electron chi connectivity index (χ3n) is 9.19. The molecule has 216 valence electrons. The van der Waals surface area contributed by atoms with Crippen LogP contribution in [0, 0.1) is 0 Å². The maximum absolute atomic E-state index is 2.44. The van der Waals surface area contributed by atoms with Gasteiger partial charge in [0.25, 0.3) is 0 Å². The van der Waals surface area contributed by atoms with Gasteiger partial charge in [-0.25, -0.2) is 0 Å². The molecule has 2 nitrogen and oxygen atoms in total. The Morgan fingerprint density at radius 1 is 0.304 bits per heavy atom. The van der Waals surface area contributed by atoms with Crippen LogP contribution in [-0.4, -0.2) is 9.13 Å². The van der Waals surface area contributed by atoms with Crippen molar-refractivity contribution in [2.24, 2.45) is 0 Å². The molecule has 0 N–H and O–H groups in total. The molecule has 9 rings (SSSR count). The number of benzene rings is 7. The maximum Gasteiger partial charge on any atom is 0.0635 e. The first-order valence-electron chi connectivity index (χ1n) is 15.8. The van der Waals surface area contributed by atoms with Crippen molar-refractivity contribution >= 4 is 32.7 Å². The van der Waals surface area contributed by atoms with E-state index in [9.17, 15) is 0 Å². The van der Waals surface area contributed by atoms with Gasteiger partial charge >= 0.3 is 0 Å². The normalized spacial score (nSPS) is 11.5. The molecule has 0 aliphatic heterocycles. The molecular weight excluding hydrogens is 556 g/mol. The summed E-state index contributed by atoms with van der Waals surface area (Å²) in [6, 6.07) is 63.4. The second kappa shape index (κ2) is 10.8. The first-order valence-corrected chi connectivity index (χ1v) is 15.8. The Hall–Kier alpha value is -6.12. The average molecular weight is 587 g/mol. The summed E-state index contributed by atoms with van der Waals surface area (Å²) in [6.07, 6.45) is 2.19. The Morgan fingerprint density at radius 3 is 1.43 bits per heavy atom. The van der Waals surface area contributed by atoms with Gasteiger partial charge in [0.1, 0.15) is 0 Å². The molecule has 0 saturated carbocycles. The highest BCUT2D eigenvalue weighted by atomic mass is 15.0. The van der Waals surface area contributed by atoms with Gasteiger partial charge < -0.3 is 9.13 Å². The minimum atomic E-state index is 1.15. The molecule has 0 bridgehead atoms. The first-order chi connectivity index (χ1) is 22.8. The summed E-state index contributed by atoms with van der Waals surface area (Å²) >= 11 is 0. The molecular formula is C44H30N2. The largest absolute Gasteiger partial charge is 0.316 e. The fraction of sp³-hybridized carbons (Fsp3) is 0. The van der Waals surface area contributed by atoms with Crippen LogP contribution in [-0.2, 0) is 0 Å². The predicted octanol–water partition coefficient (Wildman–Crippen LogP) is 11.7. The van der Waals surface area contributed by atoms with E-state index in [-0.39, 0.29) is 0 Å². The fourth-order valence-corrected chi connectivity index (χ4v) is 6.91. The number of para-hydroxylation sites is 1. The van der Waals surface area contributed by atoms with E-state index in [1.807, 2.05) is 0 Å². The minimum absolute atomic E-state index is 1.15. The van der Waals surface area contributed by atoms with Gasteiger partial charge in [-0.3, -0.25) is 0 Å². The highest BCUT2D eigenvalue weighted by Crippen LogP contribution is 2.40. The lowest BCUT2D eigenvalue weighted by atomic mass is 9.99. The molecule has 0 aliphatic rings. The maximum atomic E-state index is 2.44. The molecule has 2 heteroatoms. The minimum Gasteiger partial charge on any atom is -0.316 e. The number of hydrogen-bond donors (Lipinski definition) is 0. The van der Waals surface area contributed by atoms with Gasteiger partial charge in [0.2, 0.25) is 0 Å². The van der Waals surface area contributed by atoms with E-state index in [0.717, 1.165) is 11.4 Å². The van der Waals surface area contributed by atoms with Crippen LogP contribution in [0.25, 0.3) is 77.5 Å². The van der Waals surface area contributed by atoms with Gasteiger partial charge in [-0.1, -0.05) is 127 Å². The molecule has 2 heterocycles. The van der Waals surface area contributed by atoms with Crippen molar-refractivity contribution in [1.82, 2.24) is 9.13 Å². The van der Waals surface area contributed by atoms with Gasteiger partial charge in [-0.2, -0.15) is 0 Å². The van der Waals surface area contributed by atoms with Crippen LogP contribution < -0.4 is 0 Å². The summed E-state index contributed by atoms with van der Waals surface area (Å²) < 4.78 is 4.73. The lowest BCUT2D eigenvalue weighted by Crippen LogP contribution is -1.95. The van der Waals surface area contributed by atoms with Crippen molar-refractivity contribution in [3.63, 3.8) is 0 Å². The SMILES string of the molecule is c1ccc(-c2ccc(-c3ccc4c(c3)c3ccc5c(ccn5-c5ccccc5)c3n4-c3ccc(-c4ccccc4)cc3)cc2)cc1. The monoisotopic (exact) mass is 586 g/mol. The predicted molar refractivity (Wildman–Crippen MR) is 194 cm³/mol. The number of nitrogens with zero attached hydrogens (tertiary/aromatic N) is 2. The van der Waals surface area contributed by atoms with Crippen LogP contribution in [0.15, 0.2) is 182 Å². The number of hydrogen-bond acceptors (Lipinski definition) is 0. The van der Waals surface area contributed by atoms with Crippen LogP contribution in [0.3, 0.4) is 0 Å². The van der Waals surface area contributed by atoms with Gasteiger partial charge in [-0.15, -0.1) is 0 Å².